The first-order valence-electron chi connectivity index (χ1n) is 10.5. The number of carbonyl (C=O) groups is 1. The summed E-state index contributed by atoms with van der Waals surface area (Å²) in [5, 5.41) is 12.0. The first kappa shape index (κ1) is 20.7. The zero-order valence-corrected chi connectivity index (χ0v) is 17.8. The predicted octanol–water partition coefficient (Wildman–Crippen LogP) is 4.50. The van der Waals surface area contributed by atoms with Gasteiger partial charge in [0.15, 0.2) is 0 Å². The van der Waals surface area contributed by atoms with Gasteiger partial charge in [-0.05, 0) is 30.2 Å². The summed E-state index contributed by atoms with van der Waals surface area (Å²) in [6, 6.07) is 15.7. The zero-order valence-electron chi connectivity index (χ0n) is 17.8. The summed E-state index contributed by atoms with van der Waals surface area (Å²) >= 11 is 0. The number of benzene rings is 2. The monoisotopic (exact) mass is 418 g/mol. The van der Waals surface area contributed by atoms with Gasteiger partial charge in [0, 0.05) is 30.6 Å². The lowest BCUT2D eigenvalue weighted by Gasteiger charge is -2.09. The van der Waals surface area contributed by atoms with E-state index in [2.05, 4.69) is 22.4 Å². The molecule has 0 bridgehead atoms. The molecule has 0 saturated carbocycles. The lowest BCUT2D eigenvalue weighted by Crippen LogP contribution is -2.26. The van der Waals surface area contributed by atoms with Crippen LogP contribution in [-0.4, -0.2) is 27.3 Å². The van der Waals surface area contributed by atoms with Gasteiger partial charge < -0.3 is 19.0 Å². The molecule has 2 aromatic heterocycles. The van der Waals surface area contributed by atoms with E-state index in [-0.39, 0.29) is 12.5 Å². The van der Waals surface area contributed by atoms with Gasteiger partial charge in [0.2, 0.25) is 17.7 Å². The Kier molecular flexibility index (Phi) is 6.31. The molecule has 2 aromatic carbocycles. The van der Waals surface area contributed by atoms with Crippen LogP contribution in [0.5, 0.6) is 5.75 Å². The number of para-hydroxylation sites is 1. The Morgan fingerprint density at radius 3 is 2.68 bits per heavy atom. The molecule has 31 heavy (non-hydrogen) atoms. The van der Waals surface area contributed by atoms with Crippen LogP contribution in [0.25, 0.3) is 22.4 Å². The summed E-state index contributed by atoms with van der Waals surface area (Å²) in [7, 11) is 0. The molecule has 4 aromatic rings. The van der Waals surface area contributed by atoms with Crippen LogP contribution >= 0.6 is 0 Å². The summed E-state index contributed by atoms with van der Waals surface area (Å²) in [5.74, 6) is 1.74. The van der Waals surface area contributed by atoms with Gasteiger partial charge >= 0.3 is 0 Å². The lowest BCUT2D eigenvalue weighted by molar-refractivity contribution is -0.121. The number of aryl methyl sites for hydroxylation is 1. The summed E-state index contributed by atoms with van der Waals surface area (Å²) in [4.78, 5) is 12.6. The SMILES string of the molecule is CCCCOc1ccc(CNC(=O)Cn2cc(-c3nnc(C)o3)c3ccccc32)cc1. The molecule has 0 aliphatic carbocycles. The zero-order chi connectivity index (χ0) is 21.6. The Morgan fingerprint density at radius 1 is 1.13 bits per heavy atom. The number of fused-ring (bicyclic) bond motifs is 1. The third-order valence-electron chi connectivity index (χ3n) is 5.04. The molecule has 0 atom stereocenters. The minimum Gasteiger partial charge on any atom is -0.494 e. The molecule has 1 amide bonds. The van der Waals surface area contributed by atoms with E-state index in [1.54, 1.807) is 6.92 Å². The van der Waals surface area contributed by atoms with Crippen LogP contribution in [-0.2, 0) is 17.9 Å². The van der Waals surface area contributed by atoms with Gasteiger partial charge in [0.25, 0.3) is 0 Å². The summed E-state index contributed by atoms with van der Waals surface area (Å²) in [6.45, 7) is 5.28. The maximum atomic E-state index is 12.6. The van der Waals surface area contributed by atoms with Gasteiger partial charge in [-0.3, -0.25) is 4.79 Å². The average molecular weight is 418 g/mol. The highest BCUT2D eigenvalue weighted by Crippen LogP contribution is 2.29. The first-order chi connectivity index (χ1) is 15.1. The quantitative estimate of drug-likeness (QED) is 0.405. The molecule has 4 rings (SSSR count). The van der Waals surface area contributed by atoms with Crippen molar-refractivity contribution in [1.29, 1.82) is 0 Å². The molecule has 0 fully saturated rings. The van der Waals surface area contributed by atoms with Crippen LogP contribution < -0.4 is 10.1 Å². The molecule has 0 saturated heterocycles. The molecule has 2 heterocycles. The van der Waals surface area contributed by atoms with E-state index in [1.807, 2.05) is 59.3 Å². The topological polar surface area (TPSA) is 82.2 Å². The van der Waals surface area contributed by atoms with E-state index in [1.165, 1.54) is 0 Å². The third kappa shape index (κ3) is 4.94. The van der Waals surface area contributed by atoms with Crippen molar-refractivity contribution in [3.63, 3.8) is 0 Å². The number of amides is 1. The molecule has 0 spiro atoms. The van der Waals surface area contributed by atoms with Gasteiger partial charge in [-0.1, -0.05) is 43.7 Å². The number of nitrogens with zero attached hydrogens (tertiary/aromatic N) is 3. The molecular formula is C24H26N4O3. The smallest absolute Gasteiger partial charge is 0.249 e. The van der Waals surface area contributed by atoms with Crippen molar-refractivity contribution in [1.82, 2.24) is 20.1 Å². The largest absolute Gasteiger partial charge is 0.494 e. The number of unbranched alkanes of at least 4 members (excludes halogenated alkanes) is 1. The van der Waals surface area contributed by atoms with Crippen molar-refractivity contribution in [2.24, 2.45) is 0 Å². The standard InChI is InChI=1S/C24H26N4O3/c1-3-4-13-30-19-11-9-18(10-12-19)14-25-23(29)16-28-15-21(24-27-26-17(2)31-24)20-7-5-6-8-22(20)28/h5-12,15H,3-4,13-14,16H2,1-2H3,(H,25,29). The molecule has 1 N–H and O–H groups in total. The normalized spacial score (nSPS) is 11.0. The molecule has 0 aliphatic rings. The predicted molar refractivity (Wildman–Crippen MR) is 119 cm³/mol. The van der Waals surface area contributed by atoms with Crippen molar-refractivity contribution in [3.8, 4) is 17.2 Å². The Balaban J connectivity index is 1.41. The Labute approximate surface area is 181 Å². The van der Waals surface area contributed by atoms with Gasteiger partial charge in [0.1, 0.15) is 12.3 Å². The van der Waals surface area contributed by atoms with E-state index in [0.29, 0.717) is 18.3 Å². The molecule has 0 unspecified atom stereocenters. The van der Waals surface area contributed by atoms with Crippen molar-refractivity contribution < 1.29 is 13.9 Å². The second-order valence-corrected chi connectivity index (χ2v) is 7.44. The van der Waals surface area contributed by atoms with Gasteiger partial charge in [-0.15, -0.1) is 10.2 Å². The van der Waals surface area contributed by atoms with Crippen LogP contribution in [0.15, 0.2) is 59.1 Å². The Hall–Kier alpha value is -3.61. The molecular weight excluding hydrogens is 392 g/mol. The van der Waals surface area contributed by atoms with Crippen LogP contribution in [0.4, 0.5) is 0 Å². The second kappa shape index (κ2) is 9.47. The van der Waals surface area contributed by atoms with Crippen LogP contribution in [0.1, 0.15) is 31.2 Å². The minimum atomic E-state index is -0.0720. The van der Waals surface area contributed by atoms with E-state index in [4.69, 9.17) is 9.15 Å². The maximum Gasteiger partial charge on any atom is 0.249 e. The summed E-state index contributed by atoms with van der Waals surface area (Å²) < 4.78 is 13.2. The highest BCUT2D eigenvalue weighted by molar-refractivity contribution is 5.94. The number of carbonyl (C=O) groups excluding carboxylic acids is 1. The summed E-state index contributed by atoms with van der Waals surface area (Å²) in [6.07, 6.45) is 4.04. The number of ether oxygens (including phenoxy) is 1. The molecule has 7 nitrogen and oxygen atoms in total. The molecule has 7 heteroatoms. The van der Waals surface area contributed by atoms with Crippen molar-refractivity contribution in [2.75, 3.05) is 6.61 Å². The fraction of sp³-hybridized carbons (Fsp3) is 0.292. The fourth-order valence-electron chi connectivity index (χ4n) is 3.40. The average Bonchev–Trinajstić information content (AvgIpc) is 3.37. The van der Waals surface area contributed by atoms with Crippen LogP contribution in [0.3, 0.4) is 0 Å². The maximum absolute atomic E-state index is 12.6. The summed E-state index contributed by atoms with van der Waals surface area (Å²) in [5.41, 5.74) is 2.79. The van der Waals surface area contributed by atoms with E-state index >= 15 is 0 Å². The van der Waals surface area contributed by atoms with E-state index in [0.717, 1.165) is 47.2 Å². The van der Waals surface area contributed by atoms with Gasteiger partial charge in [-0.25, -0.2) is 0 Å². The lowest BCUT2D eigenvalue weighted by atomic mass is 10.2. The number of aromatic nitrogens is 3. The highest BCUT2D eigenvalue weighted by atomic mass is 16.5. The highest BCUT2D eigenvalue weighted by Gasteiger charge is 2.16. The van der Waals surface area contributed by atoms with Crippen molar-refractivity contribution >= 4 is 16.8 Å². The second-order valence-electron chi connectivity index (χ2n) is 7.44. The Bertz CT molecular complexity index is 1160. The number of rotatable bonds is 9. The van der Waals surface area contributed by atoms with E-state index < -0.39 is 0 Å². The van der Waals surface area contributed by atoms with Gasteiger partial charge in [-0.2, -0.15) is 0 Å². The van der Waals surface area contributed by atoms with E-state index in [9.17, 15) is 4.79 Å². The number of hydrogen-bond donors (Lipinski definition) is 1. The van der Waals surface area contributed by atoms with Crippen LogP contribution in [0, 0.1) is 6.92 Å². The fourth-order valence-corrected chi connectivity index (χ4v) is 3.40. The minimum absolute atomic E-state index is 0.0720. The number of hydrogen-bond acceptors (Lipinski definition) is 5. The van der Waals surface area contributed by atoms with Gasteiger partial charge in [0.05, 0.1) is 12.2 Å². The first-order valence-corrected chi connectivity index (χ1v) is 10.5. The molecule has 0 aliphatic heterocycles. The molecule has 160 valence electrons. The number of nitrogens with one attached hydrogen (secondary N) is 1. The Morgan fingerprint density at radius 2 is 1.94 bits per heavy atom. The third-order valence-corrected chi connectivity index (χ3v) is 5.04. The van der Waals surface area contributed by atoms with Crippen LogP contribution in [0.2, 0.25) is 0 Å². The van der Waals surface area contributed by atoms with Crippen molar-refractivity contribution in [3.05, 3.63) is 66.2 Å². The molecule has 0 radical (unpaired) electrons. The van der Waals surface area contributed by atoms with Crippen molar-refractivity contribution in [2.45, 2.75) is 39.8 Å².